The van der Waals surface area contributed by atoms with Gasteiger partial charge in [0.05, 0.1) is 17.0 Å². The minimum absolute atomic E-state index is 0.0121. The van der Waals surface area contributed by atoms with Crippen LogP contribution in [0.5, 0.6) is 0 Å². The second kappa shape index (κ2) is 9.72. The van der Waals surface area contributed by atoms with Crippen LogP contribution in [0.1, 0.15) is 44.1 Å². The molecule has 0 aromatic heterocycles. The molecule has 0 aliphatic carbocycles. The maximum Gasteiger partial charge on any atom is 0.243 e. The number of benzene rings is 1. The van der Waals surface area contributed by atoms with Crippen molar-refractivity contribution in [2.75, 3.05) is 39.9 Å². The Kier molecular flexibility index (Phi) is 6.86. The van der Waals surface area contributed by atoms with Crippen LogP contribution >= 0.6 is 11.6 Å². The molecule has 34 heavy (non-hydrogen) atoms. The molecular formula is C25H34ClFN4O3. The molecule has 1 aromatic rings. The number of carbonyl (C=O) groups is 2. The van der Waals surface area contributed by atoms with Crippen LogP contribution in [0, 0.1) is 5.82 Å². The van der Waals surface area contributed by atoms with E-state index in [0.29, 0.717) is 44.8 Å². The number of nitrogens with zero attached hydrogens (tertiary/aromatic N) is 3. The van der Waals surface area contributed by atoms with Gasteiger partial charge < -0.3 is 15.0 Å². The number of piperidine rings is 1. The summed E-state index contributed by atoms with van der Waals surface area (Å²) in [5.41, 5.74) is 0.390. The first-order valence-electron chi connectivity index (χ1n) is 12.4. The predicted molar refractivity (Wildman–Crippen MR) is 127 cm³/mol. The molecule has 4 aliphatic heterocycles. The number of amides is 2. The molecule has 2 amide bonds. The zero-order valence-electron chi connectivity index (χ0n) is 19.8. The summed E-state index contributed by atoms with van der Waals surface area (Å²) < 4.78 is 19.3. The molecule has 0 radical (unpaired) electrons. The number of halogens is 2. The average Bonchev–Trinajstić information content (AvgIpc) is 3.26. The van der Waals surface area contributed by atoms with Gasteiger partial charge in [0.25, 0.3) is 0 Å². The highest BCUT2D eigenvalue weighted by Crippen LogP contribution is 2.34. The number of carbonyl (C=O) groups excluding carboxylic acids is 2. The van der Waals surface area contributed by atoms with Crippen molar-refractivity contribution in [2.45, 2.75) is 68.7 Å². The van der Waals surface area contributed by atoms with E-state index in [1.54, 1.807) is 6.07 Å². The lowest BCUT2D eigenvalue weighted by molar-refractivity contribution is -0.135. The fourth-order valence-corrected chi connectivity index (χ4v) is 6.26. The highest BCUT2D eigenvalue weighted by molar-refractivity contribution is 6.30. The molecule has 1 N–H and O–H groups in total. The molecule has 4 fully saturated rings. The third-order valence-electron chi connectivity index (χ3n) is 8.33. The van der Waals surface area contributed by atoms with Crippen molar-refractivity contribution in [1.82, 2.24) is 20.0 Å². The fraction of sp³-hybridized carbons (Fsp3) is 0.680. The van der Waals surface area contributed by atoms with Gasteiger partial charge in [-0.2, -0.15) is 0 Å². The van der Waals surface area contributed by atoms with Crippen molar-refractivity contribution < 1.29 is 18.7 Å². The van der Waals surface area contributed by atoms with E-state index in [0.717, 1.165) is 44.7 Å². The lowest BCUT2D eigenvalue weighted by Crippen LogP contribution is -2.56. The van der Waals surface area contributed by atoms with Gasteiger partial charge in [0.1, 0.15) is 11.9 Å². The molecule has 0 unspecified atom stereocenters. The smallest absolute Gasteiger partial charge is 0.243 e. The van der Waals surface area contributed by atoms with Crippen LogP contribution in [0.4, 0.5) is 4.39 Å². The Labute approximate surface area is 205 Å². The number of likely N-dealkylation sites (tertiary alicyclic amines) is 1. The third kappa shape index (κ3) is 4.83. The molecule has 4 heterocycles. The number of nitrogens with one attached hydrogen (secondary N) is 1. The van der Waals surface area contributed by atoms with Gasteiger partial charge in [0.15, 0.2) is 0 Å². The summed E-state index contributed by atoms with van der Waals surface area (Å²) >= 11 is 5.80. The minimum Gasteiger partial charge on any atom is -0.381 e. The maximum atomic E-state index is 13.8. The first kappa shape index (κ1) is 24.0. The van der Waals surface area contributed by atoms with Crippen molar-refractivity contribution >= 4 is 23.4 Å². The zero-order valence-corrected chi connectivity index (χ0v) is 20.5. The van der Waals surface area contributed by atoms with Gasteiger partial charge in [-0.15, -0.1) is 0 Å². The summed E-state index contributed by atoms with van der Waals surface area (Å²) in [6.07, 6.45) is 4.47. The topological polar surface area (TPSA) is 65.1 Å². The van der Waals surface area contributed by atoms with E-state index < -0.39 is 11.4 Å². The molecule has 1 aromatic carbocycles. The number of hydrogen-bond acceptors (Lipinski definition) is 5. The lowest BCUT2D eigenvalue weighted by Gasteiger charge is -2.41. The van der Waals surface area contributed by atoms with Crippen molar-refractivity contribution in [3.8, 4) is 0 Å². The van der Waals surface area contributed by atoms with Gasteiger partial charge in [-0.25, -0.2) is 4.39 Å². The van der Waals surface area contributed by atoms with Gasteiger partial charge in [0, 0.05) is 51.5 Å². The van der Waals surface area contributed by atoms with E-state index in [4.69, 9.17) is 16.3 Å². The van der Waals surface area contributed by atoms with E-state index in [1.165, 1.54) is 6.07 Å². The summed E-state index contributed by atoms with van der Waals surface area (Å²) in [7, 11) is 2.12. The second-order valence-electron chi connectivity index (χ2n) is 10.4. The summed E-state index contributed by atoms with van der Waals surface area (Å²) in [4.78, 5) is 33.1. The van der Waals surface area contributed by atoms with Crippen LogP contribution in [0.3, 0.4) is 0 Å². The normalized spacial score (nSPS) is 28.3. The maximum absolute atomic E-state index is 13.8. The summed E-state index contributed by atoms with van der Waals surface area (Å²) in [5, 5.41) is 3.42. The van der Waals surface area contributed by atoms with Gasteiger partial charge >= 0.3 is 0 Å². The minimum atomic E-state index is -0.484. The van der Waals surface area contributed by atoms with Crippen LogP contribution in [0.15, 0.2) is 18.2 Å². The highest BCUT2D eigenvalue weighted by atomic mass is 35.5. The molecule has 4 aliphatic rings. The molecule has 2 atom stereocenters. The Morgan fingerprint density at radius 1 is 1.21 bits per heavy atom. The van der Waals surface area contributed by atoms with E-state index in [2.05, 4.69) is 22.2 Å². The summed E-state index contributed by atoms with van der Waals surface area (Å²) in [5.74, 6) is -0.336. The van der Waals surface area contributed by atoms with Gasteiger partial charge in [-0.1, -0.05) is 17.7 Å². The number of rotatable bonds is 4. The number of hydrogen-bond donors (Lipinski definition) is 1. The first-order chi connectivity index (χ1) is 16.3. The van der Waals surface area contributed by atoms with Gasteiger partial charge in [-0.3, -0.25) is 19.4 Å². The molecule has 0 saturated carbocycles. The summed E-state index contributed by atoms with van der Waals surface area (Å²) in [6, 6.07) is 5.18. The zero-order chi connectivity index (χ0) is 23.9. The molecule has 0 bridgehead atoms. The largest absolute Gasteiger partial charge is 0.381 e. The van der Waals surface area contributed by atoms with Gasteiger partial charge in [0.2, 0.25) is 11.8 Å². The van der Waals surface area contributed by atoms with E-state index >= 15 is 0 Å². The molecular weight excluding hydrogens is 459 g/mol. The molecule has 186 valence electrons. The molecule has 4 saturated heterocycles. The molecule has 7 nitrogen and oxygen atoms in total. The van der Waals surface area contributed by atoms with E-state index in [9.17, 15) is 14.0 Å². The van der Waals surface area contributed by atoms with E-state index in [-0.39, 0.29) is 28.9 Å². The molecule has 5 rings (SSSR count). The monoisotopic (exact) mass is 492 g/mol. The predicted octanol–water partition coefficient (Wildman–Crippen LogP) is 2.41. The Morgan fingerprint density at radius 2 is 1.94 bits per heavy atom. The number of ether oxygens (including phenoxy) is 1. The molecule has 9 heteroatoms. The van der Waals surface area contributed by atoms with Crippen LogP contribution in [-0.2, 0) is 20.9 Å². The Bertz CT molecular complexity index is 905. The van der Waals surface area contributed by atoms with Crippen molar-refractivity contribution in [2.24, 2.45) is 0 Å². The van der Waals surface area contributed by atoms with Gasteiger partial charge in [-0.05, 0) is 56.8 Å². The first-order valence-corrected chi connectivity index (χ1v) is 12.8. The number of likely N-dealkylation sites (N-methyl/N-ethyl adjacent to an activating group) is 1. The lowest BCUT2D eigenvalue weighted by atomic mass is 9.84. The Balaban J connectivity index is 1.20. The Hall–Kier alpha value is -1.74. The van der Waals surface area contributed by atoms with Crippen LogP contribution < -0.4 is 5.32 Å². The van der Waals surface area contributed by atoms with Crippen LogP contribution in [0.25, 0.3) is 0 Å². The van der Waals surface area contributed by atoms with Crippen LogP contribution in [-0.4, -0.2) is 90.1 Å². The quantitative estimate of drug-likeness (QED) is 0.699. The number of fused-ring (bicyclic) bond motifs is 1. The van der Waals surface area contributed by atoms with Crippen molar-refractivity contribution in [3.05, 3.63) is 34.6 Å². The average molecular weight is 493 g/mol. The van der Waals surface area contributed by atoms with E-state index in [1.807, 2.05) is 11.0 Å². The van der Waals surface area contributed by atoms with Crippen molar-refractivity contribution in [1.29, 1.82) is 0 Å². The SMILES string of the molecule is CN(C1CCOCC1)[C@H]1C[C@H]2C(=O)NC3(CCN(Cc4ccc(Cl)c(F)c4)CC3)CC(=O)N2C1. The third-order valence-corrected chi connectivity index (χ3v) is 8.63. The Morgan fingerprint density at radius 3 is 2.65 bits per heavy atom. The van der Waals surface area contributed by atoms with Crippen LogP contribution in [0.2, 0.25) is 5.02 Å². The van der Waals surface area contributed by atoms with Crippen molar-refractivity contribution in [3.63, 3.8) is 0 Å². The highest BCUT2D eigenvalue weighted by Gasteiger charge is 2.49. The summed E-state index contributed by atoms with van der Waals surface area (Å²) in [6.45, 7) is 4.30. The fourth-order valence-electron chi connectivity index (χ4n) is 6.14. The molecule has 1 spiro atoms. The second-order valence-corrected chi connectivity index (χ2v) is 10.8. The standard InChI is InChI=1S/C25H34ClFN4O3/c1-29(18-4-10-34-11-5-18)19-13-22-24(33)28-25(14-23(32)31(22)16-19)6-8-30(9-7-25)15-17-2-3-20(26)21(27)12-17/h2-3,12,18-19,22H,4-11,13-16H2,1H3,(H,28,33)/t19-,22-/m0/s1.